The molecular weight excluding hydrogens is 360 g/mol. The molecule has 0 spiro atoms. The fourth-order valence-electron chi connectivity index (χ4n) is 1.83. The number of ether oxygens (including phenoxy) is 1. The highest BCUT2D eigenvalue weighted by Crippen LogP contribution is 2.26. The molecule has 0 aromatic heterocycles. The largest absolute Gasteiger partial charge is 0.434 e. The minimum atomic E-state index is -2.83. The molecule has 1 N–H and O–H groups in total. The van der Waals surface area contributed by atoms with E-state index in [9.17, 15) is 8.78 Å². The van der Waals surface area contributed by atoms with Gasteiger partial charge in [-0.05, 0) is 42.7 Å². The number of hydrogen-bond acceptors (Lipinski definition) is 3. The van der Waals surface area contributed by atoms with Crippen LogP contribution >= 0.6 is 27.7 Å². The quantitative estimate of drug-likeness (QED) is 0.686. The normalized spacial score (nSPS) is 10.7. The van der Waals surface area contributed by atoms with Crippen molar-refractivity contribution in [2.75, 3.05) is 11.6 Å². The molecular formula is C15H14BrF2NOS. The van der Waals surface area contributed by atoms with Gasteiger partial charge in [0.25, 0.3) is 0 Å². The Labute approximate surface area is 135 Å². The van der Waals surface area contributed by atoms with Crippen LogP contribution in [0.2, 0.25) is 0 Å². The number of rotatable bonds is 6. The fourth-order valence-corrected chi connectivity index (χ4v) is 2.70. The van der Waals surface area contributed by atoms with E-state index in [1.807, 2.05) is 30.5 Å². The maximum atomic E-state index is 12.4. The molecule has 0 aliphatic carbocycles. The maximum Gasteiger partial charge on any atom is 0.387 e. The van der Waals surface area contributed by atoms with Gasteiger partial charge in [-0.3, -0.25) is 0 Å². The Morgan fingerprint density at radius 1 is 1.24 bits per heavy atom. The van der Waals surface area contributed by atoms with Gasteiger partial charge < -0.3 is 10.1 Å². The summed E-state index contributed by atoms with van der Waals surface area (Å²) in [6.07, 6.45) is 2.00. The van der Waals surface area contributed by atoms with Crippen molar-refractivity contribution in [1.29, 1.82) is 0 Å². The molecule has 0 bridgehead atoms. The summed E-state index contributed by atoms with van der Waals surface area (Å²) >= 11 is 4.98. The number of benzene rings is 2. The van der Waals surface area contributed by atoms with E-state index < -0.39 is 6.61 Å². The fraction of sp³-hybridized carbons (Fsp3) is 0.200. The first-order valence-electron chi connectivity index (χ1n) is 6.19. The van der Waals surface area contributed by atoms with Gasteiger partial charge in [-0.2, -0.15) is 8.78 Å². The summed E-state index contributed by atoms with van der Waals surface area (Å²) in [5, 5.41) is 3.22. The summed E-state index contributed by atoms with van der Waals surface area (Å²) in [6.45, 7) is -2.43. The highest BCUT2D eigenvalue weighted by atomic mass is 79.9. The summed E-state index contributed by atoms with van der Waals surface area (Å²) in [6, 6.07) is 12.9. The van der Waals surface area contributed by atoms with E-state index >= 15 is 0 Å². The van der Waals surface area contributed by atoms with E-state index in [1.165, 1.54) is 6.07 Å². The number of halogens is 3. The van der Waals surface area contributed by atoms with Crippen LogP contribution in [0.1, 0.15) is 5.56 Å². The monoisotopic (exact) mass is 373 g/mol. The molecule has 0 aliphatic rings. The van der Waals surface area contributed by atoms with Crippen molar-refractivity contribution in [3.8, 4) is 5.75 Å². The molecule has 0 aliphatic heterocycles. The predicted molar refractivity (Wildman–Crippen MR) is 86.3 cm³/mol. The Balaban J connectivity index is 2.12. The SMILES string of the molecule is CSc1cccc(NCc2cc(Br)ccc2OC(F)F)c1. The molecule has 0 heterocycles. The van der Waals surface area contributed by atoms with E-state index in [0.717, 1.165) is 15.1 Å². The van der Waals surface area contributed by atoms with Crippen LogP contribution in [0.25, 0.3) is 0 Å². The third-order valence-electron chi connectivity index (χ3n) is 2.79. The van der Waals surface area contributed by atoms with Crippen LogP contribution in [-0.2, 0) is 6.54 Å². The highest BCUT2D eigenvalue weighted by Gasteiger charge is 2.10. The zero-order valence-corrected chi connectivity index (χ0v) is 13.7. The average Bonchev–Trinajstić information content (AvgIpc) is 2.47. The molecule has 0 saturated heterocycles. The first-order chi connectivity index (χ1) is 10.1. The second kappa shape index (κ2) is 7.66. The van der Waals surface area contributed by atoms with Gasteiger partial charge in [0.15, 0.2) is 0 Å². The zero-order chi connectivity index (χ0) is 15.2. The third-order valence-corrected chi connectivity index (χ3v) is 4.01. The topological polar surface area (TPSA) is 21.3 Å². The van der Waals surface area contributed by atoms with E-state index in [-0.39, 0.29) is 5.75 Å². The van der Waals surface area contributed by atoms with Crippen molar-refractivity contribution in [2.45, 2.75) is 18.1 Å². The van der Waals surface area contributed by atoms with Gasteiger partial charge >= 0.3 is 6.61 Å². The lowest BCUT2D eigenvalue weighted by Crippen LogP contribution is -2.07. The summed E-state index contributed by atoms with van der Waals surface area (Å²) in [4.78, 5) is 1.14. The van der Waals surface area contributed by atoms with Crippen LogP contribution in [0.3, 0.4) is 0 Å². The van der Waals surface area contributed by atoms with Crippen LogP contribution < -0.4 is 10.1 Å². The van der Waals surface area contributed by atoms with E-state index in [4.69, 9.17) is 0 Å². The number of thioether (sulfide) groups is 1. The van der Waals surface area contributed by atoms with Gasteiger partial charge in [-0.25, -0.2) is 0 Å². The van der Waals surface area contributed by atoms with Crippen LogP contribution in [0.4, 0.5) is 14.5 Å². The molecule has 0 saturated carbocycles. The van der Waals surface area contributed by atoms with Gasteiger partial charge in [0.1, 0.15) is 5.75 Å². The van der Waals surface area contributed by atoms with E-state index in [0.29, 0.717) is 12.1 Å². The van der Waals surface area contributed by atoms with Crippen LogP contribution in [-0.4, -0.2) is 12.9 Å². The van der Waals surface area contributed by atoms with Crippen molar-refractivity contribution in [3.05, 3.63) is 52.5 Å². The molecule has 2 nitrogen and oxygen atoms in total. The van der Waals surface area contributed by atoms with Crippen molar-refractivity contribution < 1.29 is 13.5 Å². The summed E-state index contributed by atoms with van der Waals surface area (Å²) in [5.74, 6) is 0.182. The van der Waals surface area contributed by atoms with E-state index in [1.54, 1.807) is 23.9 Å². The first kappa shape index (κ1) is 16.1. The lowest BCUT2D eigenvalue weighted by atomic mass is 10.2. The van der Waals surface area contributed by atoms with Crippen LogP contribution in [0.15, 0.2) is 51.8 Å². The molecule has 0 atom stereocenters. The Hall–Kier alpha value is -1.27. The number of anilines is 1. The number of nitrogens with one attached hydrogen (secondary N) is 1. The van der Waals surface area contributed by atoms with Crippen molar-refractivity contribution in [2.24, 2.45) is 0 Å². The summed E-state index contributed by atoms with van der Waals surface area (Å²) in [5.41, 5.74) is 1.60. The molecule has 6 heteroatoms. The van der Waals surface area contributed by atoms with Gasteiger partial charge in [0.2, 0.25) is 0 Å². The van der Waals surface area contributed by atoms with Crippen LogP contribution in [0.5, 0.6) is 5.75 Å². The van der Waals surface area contributed by atoms with Crippen LogP contribution in [0, 0.1) is 0 Å². The average molecular weight is 374 g/mol. The Kier molecular flexibility index (Phi) is 5.87. The molecule has 2 aromatic rings. The maximum absolute atomic E-state index is 12.4. The molecule has 0 unspecified atom stereocenters. The van der Waals surface area contributed by atoms with Crippen molar-refractivity contribution in [3.63, 3.8) is 0 Å². The van der Waals surface area contributed by atoms with Gasteiger partial charge in [0.05, 0.1) is 0 Å². The van der Waals surface area contributed by atoms with Gasteiger partial charge in [-0.15, -0.1) is 11.8 Å². The molecule has 2 rings (SSSR count). The van der Waals surface area contributed by atoms with E-state index in [2.05, 4.69) is 26.0 Å². The predicted octanol–water partition coefficient (Wildman–Crippen LogP) is 5.38. The van der Waals surface area contributed by atoms with Crippen molar-refractivity contribution >= 4 is 33.4 Å². The van der Waals surface area contributed by atoms with Gasteiger partial charge in [0, 0.05) is 27.2 Å². The summed E-state index contributed by atoms with van der Waals surface area (Å²) in [7, 11) is 0. The smallest absolute Gasteiger partial charge is 0.387 e. The second-order valence-corrected chi connectivity index (χ2v) is 6.01. The molecule has 0 fully saturated rings. The summed E-state index contributed by atoms with van der Waals surface area (Å²) < 4.78 is 30.2. The first-order valence-corrected chi connectivity index (χ1v) is 8.21. The molecule has 21 heavy (non-hydrogen) atoms. The minimum absolute atomic E-state index is 0.182. The number of hydrogen-bond donors (Lipinski definition) is 1. The third kappa shape index (κ3) is 4.89. The molecule has 2 aromatic carbocycles. The van der Waals surface area contributed by atoms with Crippen molar-refractivity contribution in [1.82, 2.24) is 0 Å². The lowest BCUT2D eigenvalue weighted by molar-refractivity contribution is -0.0504. The molecule has 0 radical (unpaired) electrons. The standard InChI is InChI=1S/C15H14BrF2NOS/c1-21-13-4-2-3-12(8-13)19-9-10-7-11(16)5-6-14(10)20-15(17)18/h2-8,15,19H,9H2,1H3. The van der Waals surface area contributed by atoms with Gasteiger partial charge in [-0.1, -0.05) is 22.0 Å². The molecule has 112 valence electrons. The molecule has 0 amide bonds. The second-order valence-electron chi connectivity index (χ2n) is 4.22. The zero-order valence-electron chi connectivity index (χ0n) is 11.3. The number of alkyl halides is 2. The highest BCUT2D eigenvalue weighted by molar-refractivity contribution is 9.10. The Morgan fingerprint density at radius 3 is 2.76 bits per heavy atom. The Bertz CT molecular complexity index is 610. The minimum Gasteiger partial charge on any atom is -0.434 e. The lowest BCUT2D eigenvalue weighted by Gasteiger charge is -2.13. The Morgan fingerprint density at radius 2 is 2.05 bits per heavy atom.